The molecule has 2 N–H and O–H groups in total. The number of nitrogens with one attached hydrogen (secondary N) is 1. The van der Waals surface area contributed by atoms with Crippen LogP contribution in [0, 0.1) is 6.92 Å². The Labute approximate surface area is 234 Å². The van der Waals surface area contributed by atoms with Gasteiger partial charge in [0.1, 0.15) is 11.5 Å². The van der Waals surface area contributed by atoms with Gasteiger partial charge in [-0.1, -0.05) is 54.6 Å². The summed E-state index contributed by atoms with van der Waals surface area (Å²) < 4.78 is 17.2. The zero-order valence-electron chi connectivity index (χ0n) is 23.0. The summed E-state index contributed by atoms with van der Waals surface area (Å²) in [5.41, 5.74) is 5.48. The number of carbonyl (C=O) groups excluding carboxylic acids is 1. The normalized spacial score (nSPS) is 10.9. The average molecular weight is 543 g/mol. The quantitative estimate of drug-likeness (QED) is 0.208. The van der Waals surface area contributed by atoms with Gasteiger partial charge in [-0.25, -0.2) is 9.78 Å². The van der Waals surface area contributed by atoms with Crippen LogP contribution >= 0.6 is 0 Å². The first-order valence-corrected chi connectivity index (χ1v) is 13.3. The lowest BCUT2D eigenvalue weighted by molar-refractivity contribution is -0.136. The summed E-state index contributed by atoms with van der Waals surface area (Å²) in [5, 5.41) is 11.8. The molecule has 0 bridgehead atoms. The van der Waals surface area contributed by atoms with E-state index in [1.54, 1.807) is 13.8 Å². The number of hydrogen-bond acceptors (Lipinski definition) is 6. The molecular weight excluding hydrogens is 508 g/mol. The predicted molar refractivity (Wildman–Crippen MR) is 152 cm³/mol. The van der Waals surface area contributed by atoms with E-state index >= 15 is 0 Å². The van der Waals surface area contributed by atoms with Crippen LogP contribution in [0.1, 0.15) is 42.8 Å². The van der Waals surface area contributed by atoms with Crippen LogP contribution in [0.4, 0.5) is 4.79 Å². The maximum atomic E-state index is 12.0. The number of hydrogen-bond donors (Lipinski definition) is 2. The summed E-state index contributed by atoms with van der Waals surface area (Å²) in [6, 6.07) is 23.6. The van der Waals surface area contributed by atoms with Crippen molar-refractivity contribution in [2.45, 2.75) is 52.7 Å². The number of aliphatic carboxylic acids is 1. The number of amides is 1. The molecule has 0 aliphatic rings. The number of ether oxygens (including phenoxy) is 2. The largest absolute Gasteiger partial charge is 0.493 e. The molecule has 0 unspecified atom stereocenters. The third-order valence-electron chi connectivity index (χ3n) is 6.29. The van der Waals surface area contributed by atoms with Crippen molar-refractivity contribution in [3.63, 3.8) is 0 Å². The summed E-state index contributed by atoms with van der Waals surface area (Å²) in [4.78, 5) is 27.9. The number of aromatic nitrogens is 1. The van der Waals surface area contributed by atoms with Crippen molar-refractivity contribution < 1.29 is 28.6 Å². The summed E-state index contributed by atoms with van der Waals surface area (Å²) >= 11 is 0. The minimum absolute atomic E-state index is 0.00911. The molecule has 40 heavy (non-hydrogen) atoms. The molecule has 8 heteroatoms. The van der Waals surface area contributed by atoms with Crippen molar-refractivity contribution in [1.29, 1.82) is 0 Å². The molecule has 3 aromatic carbocycles. The van der Waals surface area contributed by atoms with E-state index in [4.69, 9.17) is 24.0 Å². The number of carbonyl (C=O) groups is 2. The fraction of sp³-hybridized carbons (Fsp3) is 0.281. The van der Waals surface area contributed by atoms with Crippen LogP contribution in [0.2, 0.25) is 0 Å². The lowest BCUT2D eigenvalue weighted by Gasteiger charge is -2.14. The highest BCUT2D eigenvalue weighted by molar-refractivity contribution is 5.80. The Kier molecular flexibility index (Phi) is 9.57. The number of carboxylic acids is 1. The molecule has 4 rings (SSSR count). The Morgan fingerprint density at radius 3 is 2.40 bits per heavy atom. The number of nitrogens with zero attached hydrogens (tertiary/aromatic N) is 1. The number of aryl methyl sites for hydroxylation is 2. The lowest BCUT2D eigenvalue weighted by atomic mass is 10.00. The zero-order valence-corrected chi connectivity index (χ0v) is 23.0. The van der Waals surface area contributed by atoms with Crippen molar-refractivity contribution in [2.24, 2.45) is 0 Å². The van der Waals surface area contributed by atoms with E-state index in [9.17, 15) is 9.59 Å². The number of alkyl carbamates (subject to hydrolysis) is 1. The maximum absolute atomic E-state index is 12.0. The van der Waals surface area contributed by atoms with Gasteiger partial charge < -0.3 is 24.3 Å². The van der Waals surface area contributed by atoms with Gasteiger partial charge in [0.15, 0.2) is 0 Å². The van der Waals surface area contributed by atoms with E-state index in [1.807, 2.05) is 61.5 Å². The van der Waals surface area contributed by atoms with Gasteiger partial charge in [0.2, 0.25) is 5.89 Å². The van der Waals surface area contributed by atoms with Gasteiger partial charge in [-0.15, -0.1) is 0 Å². The van der Waals surface area contributed by atoms with E-state index in [-0.39, 0.29) is 19.1 Å². The van der Waals surface area contributed by atoms with Crippen LogP contribution in [0.5, 0.6) is 5.75 Å². The molecule has 1 aromatic heterocycles. The monoisotopic (exact) mass is 542 g/mol. The molecule has 208 valence electrons. The molecular formula is C32H34N2O6. The Bertz CT molecular complexity index is 1450. The second kappa shape index (κ2) is 13.5. The maximum Gasteiger partial charge on any atom is 0.407 e. The Balaban J connectivity index is 1.44. The zero-order chi connectivity index (χ0) is 28.5. The van der Waals surface area contributed by atoms with Crippen LogP contribution in [0.15, 0.2) is 77.2 Å². The van der Waals surface area contributed by atoms with Gasteiger partial charge in [0, 0.05) is 24.9 Å². The second-order valence-electron chi connectivity index (χ2n) is 9.66. The molecule has 0 saturated heterocycles. The molecule has 0 radical (unpaired) electrons. The van der Waals surface area contributed by atoms with Gasteiger partial charge in [-0.05, 0) is 67.6 Å². The molecule has 0 spiro atoms. The predicted octanol–water partition coefficient (Wildman–Crippen LogP) is 6.59. The van der Waals surface area contributed by atoms with Crippen LogP contribution in [-0.2, 0) is 28.9 Å². The van der Waals surface area contributed by atoms with Gasteiger partial charge in [-0.2, -0.15) is 0 Å². The molecule has 0 aliphatic carbocycles. The van der Waals surface area contributed by atoms with Crippen LogP contribution < -0.4 is 10.1 Å². The van der Waals surface area contributed by atoms with Crippen molar-refractivity contribution >= 4 is 12.1 Å². The molecule has 0 aliphatic heterocycles. The lowest BCUT2D eigenvalue weighted by Crippen LogP contribution is -2.26. The van der Waals surface area contributed by atoms with Crippen molar-refractivity contribution in [2.75, 3.05) is 6.61 Å². The van der Waals surface area contributed by atoms with Gasteiger partial charge in [-0.3, -0.25) is 4.79 Å². The van der Waals surface area contributed by atoms with E-state index in [0.717, 1.165) is 39.3 Å². The topological polar surface area (TPSA) is 111 Å². The van der Waals surface area contributed by atoms with Crippen LogP contribution in [0.3, 0.4) is 0 Å². The van der Waals surface area contributed by atoms with E-state index in [2.05, 4.69) is 23.5 Å². The van der Waals surface area contributed by atoms with E-state index in [1.165, 1.54) is 0 Å². The highest BCUT2D eigenvalue weighted by Gasteiger charge is 2.16. The smallest absolute Gasteiger partial charge is 0.407 e. The average Bonchev–Trinajstić information content (AvgIpc) is 3.31. The molecule has 0 atom stereocenters. The fourth-order valence-electron chi connectivity index (χ4n) is 4.35. The summed E-state index contributed by atoms with van der Waals surface area (Å²) in [6.45, 7) is 6.00. The van der Waals surface area contributed by atoms with Crippen LogP contribution in [-0.4, -0.2) is 34.9 Å². The standard InChI is InChI=1S/C32H34N2O6/c1-21(2)39-32(37)33-20-25-19-26(15-13-23(25)14-16-30(35)36)38-18-17-29-22(3)40-31(34-29)28-12-8-7-11-27(28)24-9-5-4-6-10-24/h4-13,15,19,21H,14,16-18,20H2,1-3H3,(H,33,37)(H,35,36). The first-order chi connectivity index (χ1) is 19.3. The van der Waals surface area contributed by atoms with Crippen LogP contribution in [0.25, 0.3) is 22.6 Å². The summed E-state index contributed by atoms with van der Waals surface area (Å²) in [5.74, 6) is 1.03. The summed E-state index contributed by atoms with van der Waals surface area (Å²) in [6.07, 6.45) is 0.102. The number of carboxylic acid groups (broad SMARTS) is 1. The van der Waals surface area contributed by atoms with Crippen molar-refractivity contribution in [3.8, 4) is 28.3 Å². The van der Waals surface area contributed by atoms with E-state index in [0.29, 0.717) is 31.1 Å². The van der Waals surface area contributed by atoms with Gasteiger partial charge >= 0.3 is 12.1 Å². The van der Waals surface area contributed by atoms with E-state index < -0.39 is 12.1 Å². The SMILES string of the molecule is Cc1oc(-c2ccccc2-c2ccccc2)nc1CCOc1ccc(CCC(=O)O)c(CNC(=O)OC(C)C)c1. The molecule has 1 heterocycles. The van der Waals surface area contributed by atoms with Gasteiger partial charge in [0.25, 0.3) is 0 Å². The second-order valence-corrected chi connectivity index (χ2v) is 9.66. The molecule has 1 amide bonds. The first-order valence-electron chi connectivity index (χ1n) is 13.3. The first kappa shape index (κ1) is 28.4. The molecule has 4 aromatic rings. The van der Waals surface area contributed by atoms with Crippen molar-refractivity contribution in [3.05, 3.63) is 95.4 Å². The third-order valence-corrected chi connectivity index (χ3v) is 6.29. The number of oxazole rings is 1. The minimum atomic E-state index is -0.882. The third kappa shape index (κ3) is 7.72. The molecule has 0 saturated carbocycles. The highest BCUT2D eigenvalue weighted by atomic mass is 16.6. The minimum Gasteiger partial charge on any atom is -0.493 e. The Morgan fingerprint density at radius 1 is 0.950 bits per heavy atom. The number of rotatable bonds is 12. The fourth-order valence-corrected chi connectivity index (χ4v) is 4.35. The summed E-state index contributed by atoms with van der Waals surface area (Å²) in [7, 11) is 0. The van der Waals surface area contributed by atoms with Crippen molar-refractivity contribution in [1.82, 2.24) is 10.3 Å². The highest BCUT2D eigenvalue weighted by Crippen LogP contribution is 2.32. The molecule has 8 nitrogen and oxygen atoms in total. The number of benzene rings is 3. The Morgan fingerprint density at radius 2 is 1.68 bits per heavy atom. The Hall–Kier alpha value is -4.59. The van der Waals surface area contributed by atoms with Gasteiger partial charge in [0.05, 0.1) is 18.4 Å². The molecule has 0 fully saturated rings.